The van der Waals surface area contributed by atoms with E-state index in [1.807, 2.05) is 20.8 Å². The van der Waals surface area contributed by atoms with Crippen LogP contribution in [0.25, 0.3) is 0 Å². The summed E-state index contributed by atoms with van der Waals surface area (Å²) in [5, 5.41) is 0. The van der Waals surface area contributed by atoms with Crippen LogP contribution in [0.1, 0.15) is 125 Å². The Kier molecular flexibility index (Phi) is 25.0. The van der Waals surface area contributed by atoms with Crippen molar-refractivity contribution in [2.24, 2.45) is 5.92 Å². The van der Waals surface area contributed by atoms with E-state index in [-0.39, 0.29) is 17.9 Å². The van der Waals surface area contributed by atoms with E-state index in [1.165, 1.54) is 64.2 Å². The molecule has 0 saturated carbocycles. The van der Waals surface area contributed by atoms with Gasteiger partial charge in [-0.05, 0) is 26.7 Å². The van der Waals surface area contributed by atoms with Gasteiger partial charge in [0, 0.05) is 6.42 Å². The van der Waals surface area contributed by atoms with Gasteiger partial charge in [-0.25, -0.2) is 0 Å². The molecule has 28 heavy (non-hydrogen) atoms. The van der Waals surface area contributed by atoms with E-state index in [0.717, 1.165) is 19.3 Å². The Balaban J connectivity index is 0. The molecule has 1 unspecified atom stereocenters. The molecule has 0 saturated heterocycles. The highest BCUT2D eigenvalue weighted by molar-refractivity contribution is 5.71. The zero-order valence-electron chi connectivity index (χ0n) is 19.5. The second kappa shape index (κ2) is 24.0. The topological polar surface area (TPSA) is 52.6 Å². The summed E-state index contributed by atoms with van der Waals surface area (Å²) >= 11 is 0. The van der Waals surface area contributed by atoms with Gasteiger partial charge in [-0.1, -0.05) is 91.4 Å². The maximum absolute atomic E-state index is 11.1. The maximum Gasteiger partial charge on any atom is 0.308 e. The molecule has 0 heterocycles. The van der Waals surface area contributed by atoms with Gasteiger partial charge in [0.25, 0.3) is 0 Å². The first-order valence-electron chi connectivity index (χ1n) is 11.9. The Morgan fingerprint density at radius 2 is 1.11 bits per heavy atom. The fourth-order valence-corrected chi connectivity index (χ4v) is 3.00. The molecule has 0 fully saturated rings. The monoisotopic (exact) mass is 400 g/mol. The minimum absolute atomic E-state index is 0.0339. The van der Waals surface area contributed by atoms with Crippen molar-refractivity contribution in [1.29, 1.82) is 0 Å². The van der Waals surface area contributed by atoms with E-state index < -0.39 is 0 Å². The second-order valence-corrected chi connectivity index (χ2v) is 7.53. The van der Waals surface area contributed by atoms with Crippen LogP contribution in [0, 0.1) is 5.92 Å². The molecule has 0 N–H and O–H groups in total. The summed E-state index contributed by atoms with van der Waals surface area (Å²) < 4.78 is 9.71. The van der Waals surface area contributed by atoms with Crippen molar-refractivity contribution in [3.63, 3.8) is 0 Å². The van der Waals surface area contributed by atoms with Crippen LogP contribution in [-0.2, 0) is 19.1 Å². The van der Waals surface area contributed by atoms with Gasteiger partial charge in [-0.15, -0.1) is 0 Å². The van der Waals surface area contributed by atoms with Crippen molar-refractivity contribution in [3.8, 4) is 0 Å². The fourth-order valence-electron chi connectivity index (χ4n) is 3.00. The first-order chi connectivity index (χ1) is 13.5. The van der Waals surface area contributed by atoms with E-state index in [2.05, 4.69) is 13.8 Å². The third-order valence-corrected chi connectivity index (χ3v) is 4.70. The van der Waals surface area contributed by atoms with Crippen LogP contribution in [0.3, 0.4) is 0 Å². The number of rotatable bonds is 17. The number of ether oxygens (including phenoxy) is 2. The quantitative estimate of drug-likeness (QED) is 0.191. The molecular weight excluding hydrogens is 352 g/mol. The van der Waals surface area contributed by atoms with Gasteiger partial charge in [0.05, 0.1) is 19.1 Å². The molecule has 0 aliphatic heterocycles. The second-order valence-electron chi connectivity index (χ2n) is 7.53. The molecule has 0 aliphatic rings. The van der Waals surface area contributed by atoms with Gasteiger partial charge in [-0.2, -0.15) is 0 Å². The maximum atomic E-state index is 11.1. The molecule has 1 atom stereocenters. The smallest absolute Gasteiger partial charge is 0.308 e. The van der Waals surface area contributed by atoms with Crippen molar-refractivity contribution >= 4 is 11.9 Å². The molecule has 0 rings (SSSR count). The van der Waals surface area contributed by atoms with E-state index in [9.17, 15) is 9.59 Å². The molecule has 0 aromatic heterocycles. The van der Waals surface area contributed by atoms with Crippen LogP contribution in [-0.4, -0.2) is 25.2 Å². The lowest BCUT2D eigenvalue weighted by Gasteiger charge is -2.07. The van der Waals surface area contributed by atoms with Gasteiger partial charge < -0.3 is 9.47 Å². The lowest BCUT2D eigenvalue weighted by Crippen LogP contribution is -2.14. The lowest BCUT2D eigenvalue weighted by molar-refractivity contribution is -0.147. The van der Waals surface area contributed by atoms with E-state index in [4.69, 9.17) is 9.47 Å². The van der Waals surface area contributed by atoms with E-state index >= 15 is 0 Å². The van der Waals surface area contributed by atoms with Crippen LogP contribution in [0.15, 0.2) is 0 Å². The summed E-state index contributed by atoms with van der Waals surface area (Å²) in [6, 6.07) is 0. The summed E-state index contributed by atoms with van der Waals surface area (Å²) in [5.74, 6) is -0.0253. The normalized spacial score (nSPS) is 11.3. The summed E-state index contributed by atoms with van der Waals surface area (Å²) in [4.78, 5) is 22.0. The molecular formula is C24H48O4. The minimum atomic E-state index is -0.0654. The Morgan fingerprint density at radius 3 is 1.54 bits per heavy atom. The van der Waals surface area contributed by atoms with Crippen LogP contribution < -0.4 is 0 Å². The predicted molar refractivity (Wildman–Crippen MR) is 118 cm³/mol. The summed E-state index contributed by atoms with van der Waals surface area (Å²) in [6.45, 7) is 10.9. The largest absolute Gasteiger partial charge is 0.466 e. The van der Waals surface area contributed by atoms with Crippen LogP contribution in [0.2, 0.25) is 0 Å². The number of esters is 2. The Morgan fingerprint density at radius 1 is 0.643 bits per heavy atom. The zero-order chi connectivity index (χ0) is 21.5. The number of carbonyl (C=O) groups is 2. The average molecular weight is 401 g/mol. The zero-order valence-corrected chi connectivity index (χ0v) is 19.5. The first kappa shape index (κ1) is 29.1. The molecule has 0 bridgehead atoms. The van der Waals surface area contributed by atoms with Crippen molar-refractivity contribution in [1.82, 2.24) is 0 Å². The Labute approximate surface area is 175 Å². The Bertz CT molecular complexity index is 341. The molecule has 0 aliphatic carbocycles. The minimum Gasteiger partial charge on any atom is -0.466 e. The Hall–Kier alpha value is -1.06. The predicted octanol–water partition coefficient (Wildman–Crippen LogP) is 7.24. The van der Waals surface area contributed by atoms with Gasteiger partial charge in [0.1, 0.15) is 0 Å². The fraction of sp³-hybridized carbons (Fsp3) is 0.917. The van der Waals surface area contributed by atoms with Crippen molar-refractivity contribution in [2.45, 2.75) is 125 Å². The third kappa shape index (κ3) is 23.0. The standard InChI is InChI=1S/C16H32O2.C8H16O2/c1-3-5-6-7-8-9-10-11-12-13-14-15-16(17)18-4-2;1-4-6-7(3)8(9)10-5-2/h3-15H2,1-2H3;7H,4-6H2,1-3H3. The van der Waals surface area contributed by atoms with Gasteiger partial charge in [0.15, 0.2) is 0 Å². The van der Waals surface area contributed by atoms with Crippen molar-refractivity contribution < 1.29 is 19.1 Å². The highest BCUT2D eigenvalue weighted by atomic mass is 16.5. The van der Waals surface area contributed by atoms with Crippen LogP contribution in [0.5, 0.6) is 0 Å². The summed E-state index contributed by atoms with van der Waals surface area (Å²) in [6.07, 6.45) is 17.1. The van der Waals surface area contributed by atoms with Crippen molar-refractivity contribution in [3.05, 3.63) is 0 Å². The molecule has 0 amide bonds. The molecule has 4 nitrogen and oxygen atoms in total. The number of carbonyl (C=O) groups excluding carboxylic acids is 2. The highest BCUT2D eigenvalue weighted by Gasteiger charge is 2.11. The first-order valence-corrected chi connectivity index (χ1v) is 11.9. The van der Waals surface area contributed by atoms with Gasteiger partial charge in [-0.3, -0.25) is 9.59 Å². The number of hydrogen-bond donors (Lipinski definition) is 0. The molecule has 0 spiro atoms. The average Bonchev–Trinajstić information content (AvgIpc) is 2.67. The van der Waals surface area contributed by atoms with Crippen LogP contribution >= 0.6 is 0 Å². The summed E-state index contributed by atoms with van der Waals surface area (Å²) in [7, 11) is 0. The number of unbranched alkanes of at least 4 members (excludes halogenated alkanes) is 10. The number of hydrogen-bond acceptors (Lipinski definition) is 4. The molecule has 4 heteroatoms. The van der Waals surface area contributed by atoms with E-state index in [1.54, 1.807) is 0 Å². The van der Waals surface area contributed by atoms with Gasteiger partial charge >= 0.3 is 11.9 Å². The molecule has 0 aromatic carbocycles. The SMILES string of the molecule is CCCC(C)C(=O)OCC.CCCCCCCCCCCCCC(=O)OCC. The van der Waals surface area contributed by atoms with Crippen LogP contribution in [0.4, 0.5) is 0 Å². The summed E-state index contributed by atoms with van der Waals surface area (Å²) in [5.41, 5.74) is 0. The third-order valence-electron chi connectivity index (χ3n) is 4.70. The molecule has 0 aromatic rings. The lowest BCUT2D eigenvalue weighted by atomic mass is 10.1. The molecule has 168 valence electrons. The highest BCUT2D eigenvalue weighted by Crippen LogP contribution is 2.12. The van der Waals surface area contributed by atoms with Crippen molar-refractivity contribution in [2.75, 3.05) is 13.2 Å². The molecule has 0 radical (unpaired) electrons. The van der Waals surface area contributed by atoms with E-state index in [0.29, 0.717) is 19.6 Å². The van der Waals surface area contributed by atoms with Gasteiger partial charge in [0.2, 0.25) is 0 Å².